The Morgan fingerprint density at radius 3 is 2.79 bits per heavy atom. The Labute approximate surface area is 167 Å². The van der Waals surface area contributed by atoms with Gasteiger partial charge in [-0.25, -0.2) is 9.78 Å². The quantitative estimate of drug-likeness (QED) is 0.427. The van der Waals surface area contributed by atoms with E-state index in [1.807, 2.05) is 0 Å². The minimum atomic E-state index is -0.897. The summed E-state index contributed by atoms with van der Waals surface area (Å²) in [7, 11) is 1.23. The van der Waals surface area contributed by atoms with Gasteiger partial charge in [0, 0.05) is 6.07 Å². The highest BCUT2D eigenvalue weighted by Crippen LogP contribution is 2.34. The molecule has 0 radical (unpaired) electrons. The molecule has 1 N–H and O–H groups in total. The van der Waals surface area contributed by atoms with Crippen molar-refractivity contribution >= 4 is 45.9 Å². The van der Waals surface area contributed by atoms with Crippen molar-refractivity contribution < 1.29 is 28.8 Å². The molecular weight excluding hydrogens is 406 g/mol. The Morgan fingerprint density at radius 1 is 1.41 bits per heavy atom. The average Bonchev–Trinajstić information content (AvgIpc) is 3.04. The molecule has 13 heteroatoms. The number of anilines is 2. The van der Waals surface area contributed by atoms with Gasteiger partial charge in [0.25, 0.3) is 11.7 Å². The second-order valence-corrected chi connectivity index (χ2v) is 6.91. The number of carbonyl (C=O) groups excluding carboxylic acids is 3. The van der Waals surface area contributed by atoms with Crippen LogP contribution in [0.1, 0.15) is 22.3 Å². The van der Waals surface area contributed by atoms with Crippen LogP contribution in [0.3, 0.4) is 0 Å². The van der Waals surface area contributed by atoms with Gasteiger partial charge in [-0.3, -0.25) is 14.5 Å². The van der Waals surface area contributed by atoms with Gasteiger partial charge >= 0.3 is 11.8 Å². The fourth-order valence-corrected chi connectivity index (χ4v) is 3.47. The highest BCUT2D eigenvalue weighted by Gasteiger charge is 2.38. The number of nitro groups is 1. The van der Waals surface area contributed by atoms with Gasteiger partial charge in [0.1, 0.15) is 11.4 Å². The number of aromatic nitrogens is 2. The van der Waals surface area contributed by atoms with Crippen LogP contribution in [-0.2, 0) is 14.3 Å². The number of amides is 2. The Bertz CT molecular complexity index is 1020. The Kier molecular flexibility index (Phi) is 5.41. The summed E-state index contributed by atoms with van der Waals surface area (Å²) in [5.74, 6) is -2.25. The summed E-state index contributed by atoms with van der Waals surface area (Å²) in [4.78, 5) is 56.0. The average molecular weight is 421 g/mol. The van der Waals surface area contributed by atoms with E-state index in [0.29, 0.717) is 5.69 Å². The Hall–Kier alpha value is -3.61. The van der Waals surface area contributed by atoms with E-state index in [-0.39, 0.29) is 21.6 Å². The molecule has 0 spiro atoms. The number of hydrogen-bond donors (Lipinski definition) is 1. The lowest BCUT2D eigenvalue weighted by Crippen LogP contribution is -2.48. The lowest BCUT2D eigenvalue weighted by atomic mass is 10.2. The van der Waals surface area contributed by atoms with Crippen LogP contribution in [0, 0.1) is 17.0 Å². The Balaban J connectivity index is 1.83. The Morgan fingerprint density at radius 2 is 2.14 bits per heavy atom. The van der Waals surface area contributed by atoms with Gasteiger partial charge in [0.05, 0.1) is 12.8 Å². The SMILES string of the molecule is COC(=O)c1sc(NC(=O)CN2C(=O)C(C)Oc3ccc([N+](=O)[O-])nc32)nc1C. The molecular formula is C16H15N5O7S. The van der Waals surface area contributed by atoms with Gasteiger partial charge in [-0.15, -0.1) is 0 Å². The molecule has 12 nitrogen and oxygen atoms in total. The molecule has 0 saturated heterocycles. The molecule has 2 aromatic rings. The van der Waals surface area contributed by atoms with Gasteiger partial charge in [-0.05, 0) is 29.8 Å². The van der Waals surface area contributed by atoms with E-state index in [1.165, 1.54) is 20.1 Å². The van der Waals surface area contributed by atoms with Crippen molar-refractivity contribution in [2.75, 3.05) is 23.9 Å². The number of nitrogens with zero attached hydrogens (tertiary/aromatic N) is 4. The zero-order chi connectivity index (χ0) is 21.3. The van der Waals surface area contributed by atoms with Crippen molar-refractivity contribution in [1.82, 2.24) is 9.97 Å². The minimum absolute atomic E-state index is 0.122. The van der Waals surface area contributed by atoms with Crippen molar-refractivity contribution in [3.05, 3.63) is 32.8 Å². The number of esters is 1. The molecule has 1 unspecified atom stereocenters. The van der Waals surface area contributed by atoms with E-state index in [0.717, 1.165) is 22.3 Å². The lowest BCUT2D eigenvalue weighted by molar-refractivity contribution is -0.389. The molecule has 1 aliphatic heterocycles. The van der Waals surface area contributed by atoms with Gasteiger partial charge < -0.3 is 24.9 Å². The van der Waals surface area contributed by atoms with Crippen LogP contribution in [-0.4, -0.2) is 52.4 Å². The summed E-state index contributed by atoms with van der Waals surface area (Å²) >= 11 is 0.925. The van der Waals surface area contributed by atoms with E-state index < -0.39 is 41.2 Å². The van der Waals surface area contributed by atoms with E-state index in [1.54, 1.807) is 6.92 Å². The third-order valence-corrected chi connectivity index (χ3v) is 4.95. The summed E-state index contributed by atoms with van der Waals surface area (Å²) in [6.45, 7) is 2.61. The number of pyridine rings is 1. The van der Waals surface area contributed by atoms with E-state index >= 15 is 0 Å². The van der Waals surface area contributed by atoms with E-state index in [9.17, 15) is 24.5 Å². The molecule has 0 aromatic carbocycles. The fraction of sp³-hybridized carbons (Fsp3) is 0.312. The van der Waals surface area contributed by atoms with Crippen LogP contribution in [0.25, 0.3) is 0 Å². The van der Waals surface area contributed by atoms with Gasteiger partial charge in [-0.1, -0.05) is 11.3 Å². The number of carbonyl (C=O) groups is 3. The summed E-state index contributed by atoms with van der Waals surface area (Å²) < 4.78 is 10.0. The molecule has 152 valence electrons. The smallest absolute Gasteiger partial charge is 0.366 e. The number of rotatable bonds is 5. The molecule has 2 aromatic heterocycles. The molecule has 2 amide bonds. The molecule has 0 aliphatic carbocycles. The van der Waals surface area contributed by atoms with Crippen LogP contribution in [0.5, 0.6) is 5.75 Å². The normalized spacial score (nSPS) is 15.3. The van der Waals surface area contributed by atoms with Gasteiger partial charge in [0.15, 0.2) is 17.0 Å². The number of ether oxygens (including phenoxy) is 2. The molecule has 3 rings (SSSR count). The van der Waals surface area contributed by atoms with E-state index in [4.69, 9.17) is 4.74 Å². The molecule has 1 aliphatic rings. The molecule has 0 bridgehead atoms. The first-order valence-corrected chi connectivity index (χ1v) is 9.02. The monoisotopic (exact) mass is 421 g/mol. The molecule has 29 heavy (non-hydrogen) atoms. The van der Waals surface area contributed by atoms with Crippen LogP contribution in [0.15, 0.2) is 12.1 Å². The predicted octanol–water partition coefficient (Wildman–Crippen LogP) is 1.29. The summed E-state index contributed by atoms with van der Waals surface area (Å²) in [6.07, 6.45) is -0.897. The molecule has 0 fully saturated rings. The van der Waals surface area contributed by atoms with Crippen molar-refractivity contribution in [1.29, 1.82) is 0 Å². The zero-order valence-corrected chi connectivity index (χ0v) is 16.3. The van der Waals surface area contributed by atoms with Crippen LogP contribution in [0.4, 0.5) is 16.8 Å². The van der Waals surface area contributed by atoms with Crippen molar-refractivity contribution in [2.24, 2.45) is 0 Å². The summed E-state index contributed by atoms with van der Waals surface area (Å²) in [6, 6.07) is 2.47. The highest BCUT2D eigenvalue weighted by atomic mass is 32.1. The van der Waals surface area contributed by atoms with Crippen molar-refractivity contribution in [3.8, 4) is 5.75 Å². The fourth-order valence-electron chi connectivity index (χ4n) is 2.56. The third-order valence-electron chi connectivity index (χ3n) is 3.90. The first-order chi connectivity index (χ1) is 13.7. The summed E-state index contributed by atoms with van der Waals surface area (Å²) in [5.41, 5.74) is 0.385. The maximum absolute atomic E-state index is 12.5. The largest absolute Gasteiger partial charge is 0.475 e. The van der Waals surface area contributed by atoms with Crippen molar-refractivity contribution in [3.63, 3.8) is 0 Å². The third kappa shape index (κ3) is 3.99. The predicted molar refractivity (Wildman–Crippen MR) is 100 cm³/mol. The maximum atomic E-state index is 12.5. The molecule has 3 heterocycles. The zero-order valence-electron chi connectivity index (χ0n) is 15.5. The van der Waals surface area contributed by atoms with Crippen LogP contribution >= 0.6 is 11.3 Å². The number of hydrogen-bond acceptors (Lipinski definition) is 10. The lowest BCUT2D eigenvalue weighted by Gasteiger charge is -2.28. The second kappa shape index (κ2) is 7.79. The maximum Gasteiger partial charge on any atom is 0.366 e. The minimum Gasteiger partial charge on any atom is -0.475 e. The van der Waals surface area contributed by atoms with E-state index in [2.05, 4.69) is 20.0 Å². The summed E-state index contributed by atoms with van der Waals surface area (Å²) in [5, 5.41) is 13.6. The molecule has 1 atom stereocenters. The number of methoxy groups -OCH3 is 1. The topological polar surface area (TPSA) is 154 Å². The first-order valence-electron chi connectivity index (χ1n) is 8.20. The standard InChI is InChI=1S/C16H15N5O7S/c1-7-12(15(24)27-3)29-16(17-7)19-11(22)6-20-13-9(28-8(2)14(20)23)4-5-10(18-13)21(25)26/h4-5,8H,6H2,1-3H3,(H,17,19,22). The first kappa shape index (κ1) is 20.1. The number of thiazole rings is 1. The molecule has 0 saturated carbocycles. The number of fused-ring (bicyclic) bond motifs is 1. The van der Waals surface area contributed by atoms with Crippen LogP contribution in [0.2, 0.25) is 0 Å². The van der Waals surface area contributed by atoms with Gasteiger partial charge in [-0.2, -0.15) is 0 Å². The van der Waals surface area contributed by atoms with Crippen molar-refractivity contribution in [2.45, 2.75) is 20.0 Å². The second-order valence-electron chi connectivity index (χ2n) is 5.91. The van der Waals surface area contributed by atoms with Crippen LogP contribution < -0.4 is 15.0 Å². The van der Waals surface area contributed by atoms with Gasteiger partial charge in [0.2, 0.25) is 5.91 Å². The number of nitrogens with one attached hydrogen (secondary N) is 1. The highest BCUT2D eigenvalue weighted by molar-refractivity contribution is 7.17. The number of aryl methyl sites for hydroxylation is 1.